The summed E-state index contributed by atoms with van der Waals surface area (Å²) in [5, 5.41) is 0. The molecule has 2 rings (SSSR count). The third-order valence-corrected chi connectivity index (χ3v) is 3.84. The molecule has 4 heteroatoms. The summed E-state index contributed by atoms with van der Waals surface area (Å²) in [6.07, 6.45) is 2.22. The van der Waals surface area contributed by atoms with Crippen molar-refractivity contribution in [3.63, 3.8) is 0 Å². The summed E-state index contributed by atoms with van der Waals surface area (Å²) in [6, 6.07) is 7.78. The van der Waals surface area contributed by atoms with Gasteiger partial charge in [0.2, 0.25) is 0 Å². The SMILES string of the molecule is CSc1ccccc1C(=O)N1C[C@@H](C)O[C@@H](C)C1. The minimum atomic E-state index is 0.110. The molecule has 0 spiro atoms. The van der Waals surface area contributed by atoms with Crippen molar-refractivity contribution in [3.8, 4) is 0 Å². The number of carbonyl (C=O) groups is 1. The van der Waals surface area contributed by atoms with Crippen LogP contribution >= 0.6 is 11.8 Å². The van der Waals surface area contributed by atoms with E-state index in [1.165, 1.54) is 0 Å². The Balaban J connectivity index is 2.20. The molecule has 3 nitrogen and oxygen atoms in total. The largest absolute Gasteiger partial charge is 0.372 e. The Labute approximate surface area is 113 Å². The molecule has 1 fully saturated rings. The zero-order valence-electron chi connectivity index (χ0n) is 11.1. The van der Waals surface area contributed by atoms with Crippen molar-refractivity contribution in [3.05, 3.63) is 29.8 Å². The van der Waals surface area contributed by atoms with Crippen LogP contribution in [0.25, 0.3) is 0 Å². The molecule has 0 radical (unpaired) electrons. The number of ether oxygens (including phenoxy) is 1. The highest BCUT2D eigenvalue weighted by Gasteiger charge is 2.27. The molecule has 1 aliphatic rings. The second-order valence-electron chi connectivity index (χ2n) is 4.67. The van der Waals surface area contributed by atoms with Crippen LogP contribution in [0.4, 0.5) is 0 Å². The highest BCUT2D eigenvalue weighted by Crippen LogP contribution is 2.23. The van der Waals surface area contributed by atoms with Crippen molar-refractivity contribution in [1.29, 1.82) is 0 Å². The number of morpholine rings is 1. The summed E-state index contributed by atoms with van der Waals surface area (Å²) in [4.78, 5) is 15.5. The van der Waals surface area contributed by atoms with Gasteiger partial charge in [0.25, 0.3) is 5.91 Å². The van der Waals surface area contributed by atoms with Gasteiger partial charge in [-0.15, -0.1) is 11.8 Å². The van der Waals surface area contributed by atoms with Crippen LogP contribution < -0.4 is 0 Å². The summed E-state index contributed by atoms with van der Waals surface area (Å²) in [7, 11) is 0. The zero-order chi connectivity index (χ0) is 13.1. The third kappa shape index (κ3) is 2.87. The molecule has 1 saturated heterocycles. The lowest BCUT2D eigenvalue weighted by atomic mass is 10.1. The van der Waals surface area contributed by atoms with Crippen molar-refractivity contribution < 1.29 is 9.53 Å². The predicted molar refractivity (Wildman–Crippen MR) is 74.1 cm³/mol. The van der Waals surface area contributed by atoms with E-state index in [4.69, 9.17) is 4.74 Å². The van der Waals surface area contributed by atoms with Gasteiger partial charge in [0.15, 0.2) is 0 Å². The molecule has 0 unspecified atom stereocenters. The smallest absolute Gasteiger partial charge is 0.255 e. The highest BCUT2D eigenvalue weighted by atomic mass is 32.2. The van der Waals surface area contributed by atoms with Gasteiger partial charge in [0.1, 0.15) is 0 Å². The van der Waals surface area contributed by atoms with Crippen LogP contribution in [0.5, 0.6) is 0 Å². The lowest BCUT2D eigenvalue weighted by molar-refractivity contribution is -0.0586. The van der Waals surface area contributed by atoms with Crippen LogP contribution in [0, 0.1) is 0 Å². The van der Waals surface area contributed by atoms with Gasteiger partial charge in [0, 0.05) is 18.0 Å². The number of carbonyl (C=O) groups excluding carboxylic acids is 1. The van der Waals surface area contributed by atoms with Crippen molar-refractivity contribution >= 4 is 17.7 Å². The van der Waals surface area contributed by atoms with Crippen molar-refractivity contribution in [2.75, 3.05) is 19.3 Å². The van der Waals surface area contributed by atoms with Gasteiger partial charge in [-0.2, -0.15) is 0 Å². The molecule has 1 aromatic carbocycles. The third-order valence-electron chi connectivity index (χ3n) is 3.04. The predicted octanol–water partition coefficient (Wildman–Crippen LogP) is 2.66. The van der Waals surface area contributed by atoms with E-state index in [1.54, 1.807) is 11.8 Å². The van der Waals surface area contributed by atoms with Crippen LogP contribution in [0.3, 0.4) is 0 Å². The number of hydrogen-bond acceptors (Lipinski definition) is 3. The number of amides is 1. The van der Waals surface area contributed by atoms with E-state index in [9.17, 15) is 4.79 Å². The molecular formula is C14H19NO2S. The van der Waals surface area contributed by atoms with Crippen LogP contribution in [0.1, 0.15) is 24.2 Å². The van der Waals surface area contributed by atoms with E-state index in [2.05, 4.69) is 0 Å². The summed E-state index contributed by atoms with van der Waals surface area (Å²) in [5.41, 5.74) is 0.798. The maximum atomic E-state index is 12.5. The molecule has 1 aromatic rings. The maximum absolute atomic E-state index is 12.5. The van der Waals surface area contributed by atoms with E-state index in [0.717, 1.165) is 10.5 Å². The fraction of sp³-hybridized carbons (Fsp3) is 0.500. The van der Waals surface area contributed by atoms with E-state index < -0.39 is 0 Å². The second-order valence-corrected chi connectivity index (χ2v) is 5.52. The minimum Gasteiger partial charge on any atom is -0.372 e. The first-order valence-corrected chi connectivity index (χ1v) is 7.42. The number of rotatable bonds is 2. The molecule has 1 aliphatic heterocycles. The van der Waals surface area contributed by atoms with Gasteiger partial charge in [-0.05, 0) is 32.2 Å². The van der Waals surface area contributed by atoms with E-state index in [0.29, 0.717) is 13.1 Å². The quantitative estimate of drug-likeness (QED) is 0.770. The Kier molecular flexibility index (Phi) is 4.30. The molecule has 0 N–H and O–H groups in total. The number of hydrogen-bond donors (Lipinski definition) is 0. The normalized spacial score (nSPS) is 24.1. The van der Waals surface area contributed by atoms with Gasteiger partial charge in [-0.25, -0.2) is 0 Å². The Morgan fingerprint density at radius 3 is 2.50 bits per heavy atom. The molecule has 18 heavy (non-hydrogen) atoms. The van der Waals surface area contributed by atoms with Gasteiger partial charge in [-0.3, -0.25) is 4.79 Å². The molecule has 0 saturated carbocycles. The standard InChI is InChI=1S/C14H19NO2S/c1-10-8-15(9-11(2)17-10)14(16)12-6-4-5-7-13(12)18-3/h4-7,10-11H,8-9H2,1-3H3/t10-,11+. The average molecular weight is 265 g/mol. The number of benzene rings is 1. The summed E-state index contributed by atoms with van der Waals surface area (Å²) in [5.74, 6) is 0.113. The fourth-order valence-electron chi connectivity index (χ4n) is 2.34. The Hall–Kier alpha value is -1.00. The maximum Gasteiger partial charge on any atom is 0.255 e. The van der Waals surface area contributed by atoms with E-state index in [1.807, 2.05) is 49.3 Å². The first kappa shape index (κ1) is 13.4. The van der Waals surface area contributed by atoms with Gasteiger partial charge >= 0.3 is 0 Å². The van der Waals surface area contributed by atoms with E-state index in [-0.39, 0.29) is 18.1 Å². The Bertz CT molecular complexity index is 426. The molecule has 1 amide bonds. The number of nitrogens with zero attached hydrogens (tertiary/aromatic N) is 1. The van der Waals surface area contributed by atoms with Crippen LogP contribution in [-0.2, 0) is 4.74 Å². The fourth-order valence-corrected chi connectivity index (χ4v) is 2.93. The van der Waals surface area contributed by atoms with Crippen LogP contribution in [-0.4, -0.2) is 42.4 Å². The first-order chi connectivity index (χ1) is 8.61. The van der Waals surface area contributed by atoms with Gasteiger partial charge in [-0.1, -0.05) is 12.1 Å². The molecule has 98 valence electrons. The lowest BCUT2D eigenvalue weighted by Gasteiger charge is -2.35. The summed E-state index contributed by atoms with van der Waals surface area (Å²) in [6.45, 7) is 5.37. The van der Waals surface area contributed by atoms with Gasteiger partial charge in [0.05, 0.1) is 17.8 Å². The highest BCUT2D eigenvalue weighted by molar-refractivity contribution is 7.98. The second kappa shape index (κ2) is 5.76. The summed E-state index contributed by atoms with van der Waals surface area (Å²) < 4.78 is 5.66. The topological polar surface area (TPSA) is 29.5 Å². The number of thioether (sulfide) groups is 1. The Morgan fingerprint density at radius 2 is 1.89 bits per heavy atom. The minimum absolute atomic E-state index is 0.110. The van der Waals surface area contributed by atoms with Crippen LogP contribution in [0.2, 0.25) is 0 Å². The molecule has 1 heterocycles. The Morgan fingerprint density at radius 1 is 1.28 bits per heavy atom. The zero-order valence-corrected chi connectivity index (χ0v) is 11.9. The molecule has 0 aliphatic carbocycles. The summed E-state index contributed by atoms with van der Waals surface area (Å²) >= 11 is 1.61. The van der Waals surface area contributed by atoms with Crippen molar-refractivity contribution in [1.82, 2.24) is 4.90 Å². The molecule has 0 bridgehead atoms. The van der Waals surface area contributed by atoms with Gasteiger partial charge < -0.3 is 9.64 Å². The molecule has 2 atom stereocenters. The lowest BCUT2D eigenvalue weighted by Crippen LogP contribution is -2.48. The van der Waals surface area contributed by atoms with Crippen molar-refractivity contribution in [2.24, 2.45) is 0 Å². The molecular weight excluding hydrogens is 246 g/mol. The monoisotopic (exact) mass is 265 g/mol. The van der Waals surface area contributed by atoms with Crippen molar-refractivity contribution in [2.45, 2.75) is 31.0 Å². The molecule has 0 aromatic heterocycles. The van der Waals surface area contributed by atoms with Crippen LogP contribution in [0.15, 0.2) is 29.2 Å². The van der Waals surface area contributed by atoms with E-state index >= 15 is 0 Å². The first-order valence-electron chi connectivity index (χ1n) is 6.19. The average Bonchev–Trinajstić information content (AvgIpc) is 2.36.